The smallest absolute Gasteiger partial charge is 0.0920 e. The van der Waals surface area contributed by atoms with Gasteiger partial charge < -0.3 is 10.0 Å². The van der Waals surface area contributed by atoms with Crippen molar-refractivity contribution in [3.8, 4) is 0 Å². The summed E-state index contributed by atoms with van der Waals surface area (Å²) < 4.78 is 1.06. The van der Waals surface area contributed by atoms with Crippen molar-refractivity contribution in [1.29, 1.82) is 0 Å². The van der Waals surface area contributed by atoms with Gasteiger partial charge in [0, 0.05) is 24.1 Å². The first-order chi connectivity index (χ1) is 10.7. The van der Waals surface area contributed by atoms with E-state index in [2.05, 4.69) is 51.2 Å². The van der Waals surface area contributed by atoms with E-state index in [4.69, 9.17) is 0 Å². The Morgan fingerprint density at radius 3 is 2.23 bits per heavy atom. The molecule has 116 valence electrons. The van der Waals surface area contributed by atoms with Crippen LogP contribution in [-0.2, 0) is 12.0 Å². The normalized spacial score (nSPS) is 18.3. The fourth-order valence-electron chi connectivity index (χ4n) is 3.13. The van der Waals surface area contributed by atoms with Gasteiger partial charge in [-0.05, 0) is 42.5 Å². The molecule has 1 N–H and O–H groups in total. The third kappa shape index (κ3) is 3.78. The monoisotopic (exact) mass is 359 g/mol. The Morgan fingerprint density at radius 1 is 0.955 bits per heavy atom. The summed E-state index contributed by atoms with van der Waals surface area (Å²) in [6.45, 7) is 2.99. The molecule has 22 heavy (non-hydrogen) atoms. The molecule has 0 amide bonds. The largest absolute Gasteiger partial charge is 0.385 e. The number of halogens is 1. The fourth-order valence-corrected chi connectivity index (χ4v) is 3.39. The standard InChI is InChI=1S/C19H22BrNO/c20-18-8-6-17(7-9-18)19(22)11-14-21(15-12-19)13-10-16-4-2-1-3-5-16/h1-9,22H,10-15H2. The Morgan fingerprint density at radius 2 is 1.59 bits per heavy atom. The highest BCUT2D eigenvalue weighted by Gasteiger charge is 2.33. The molecule has 2 aromatic carbocycles. The molecule has 0 radical (unpaired) electrons. The second-order valence-corrected chi connectivity index (χ2v) is 7.03. The number of hydrogen-bond acceptors (Lipinski definition) is 2. The highest BCUT2D eigenvalue weighted by Crippen LogP contribution is 2.33. The topological polar surface area (TPSA) is 23.5 Å². The Kier molecular flexibility index (Phi) is 4.97. The van der Waals surface area contributed by atoms with Crippen LogP contribution in [0.2, 0.25) is 0 Å². The van der Waals surface area contributed by atoms with Gasteiger partial charge in [-0.15, -0.1) is 0 Å². The first-order valence-corrected chi connectivity index (χ1v) is 8.70. The predicted molar refractivity (Wildman–Crippen MR) is 93.9 cm³/mol. The van der Waals surface area contributed by atoms with Gasteiger partial charge in [0.2, 0.25) is 0 Å². The third-order valence-corrected chi connectivity index (χ3v) is 5.15. The molecule has 0 bridgehead atoms. The first-order valence-electron chi connectivity index (χ1n) is 7.90. The molecule has 2 nitrogen and oxygen atoms in total. The Hall–Kier alpha value is -1.16. The molecule has 2 aromatic rings. The molecule has 0 spiro atoms. The van der Waals surface area contributed by atoms with Gasteiger partial charge in [-0.3, -0.25) is 0 Å². The number of nitrogens with zero attached hydrogens (tertiary/aromatic N) is 1. The molecule has 0 saturated carbocycles. The van der Waals surface area contributed by atoms with Crippen molar-refractivity contribution in [1.82, 2.24) is 4.90 Å². The molecular weight excluding hydrogens is 338 g/mol. The summed E-state index contributed by atoms with van der Waals surface area (Å²) >= 11 is 3.45. The van der Waals surface area contributed by atoms with Gasteiger partial charge in [-0.25, -0.2) is 0 Å². The summed E-state index contributed by atoms with van der Waals surface area (Å²) in [6, 6.07) is 18.7. The van der Waals surface area contributed by atoms with Crippen LogP contribution in [0.1, 0.15) is 24.0 Å². The Labute approximate surface area is 140 Å². The number of aliphatic hydroxyl groups is 1. The average Bonchev–Trinajstić information content (AvgIpc) is 2.56. The maximum Gasteiger partial charge on any atom is 0.0920 e. The zero-order valence-corrected chi connectivity index (χ0v) is 14.3. The van der Waals surface area contributed by atoms with Crippen molar-refractivity contribution in [2.45, 2.75) is 24.9 Å². The number of likely N-dealkylation sites (tertiary alicyclic amines) is 1. The minimum atomic E-state index is -0.663. The fraction of sp³-hybridized carbons (Fsp3) is 0.368. The van der Waals surface area contributed by atoms with Gasteiger partial charge in [0.05, 0.1) is 5.60 Å². The van der Waals surface area contributed by atoms with E-state index in [9.17, 15) is 5.11 Å². The van der Waals surface area contributed by atoms with Gasteiger partial charge >= 0.3 is 0 Å². The summed E-state index contributed by atoms with van der Waals surface area (Å²) in [5.74, 6) is 0. The molecule has 1 aliphatic rings. The number of rotatable bonds is 4. The third-order valence-electron chi connectivity index (χ3n) is 4.62. The van der Waals surface area contributed by atoms with Crippen molar-refractivity contribution < 1.29 is 5.11 Å². The van der Waals surface area contributed by atoms with Crippen LogP contribution in [0.5, 0.6) is 0 Å². The lowest BCUT2D eigenvalue weighted by Crippen LogP contribution is -2.43. The second-order valence-electron chi connectivity index (χ2n) is 6.12. The highest BCUT2D eigenvalue weighted by atomic mass is 79.9. The van der Waals surface area contributed by atoms with Gasteiger partial charge in [-0.2, -0.15) is 0 Å². The first kappa shape index (κ1) is 15.7. The number of hydrogen-bond donors (Lipinski definition) is 1. The zero-order chi connectivity index (χ0) is 15.4. The molecule has 3 rings (SSSR count). The van der Waals surface area contributed by atoms with E-state index in [1.165, 1.54) is 5.56 Å². The number of benzene rings is 2. The zero-order valence-electron chi connectivity index (χ0n) is 12.7. The minimum absolute atomic E-state index is 0.663. The minimum Gasteiger partial charge on any atom is -0.385 e. The highest BCUT2D eigenvalue weighted by molar-refractivity contribution is 9.10. The van der Waals surface area contributed by atoms with E-state index in [-0.39, 0.29) is 0 Å². The van der Waals surface area contributed by atoms with Crippen molar-refractivity contribution in [3.63, 3.8) is 0 Å². The van der Waals surface area contributed by atoms with Gasteiger partial charge in [0.25, 0.3) is 0 Å². The summed E-state index contributed by atoms with van der Waals surface area (Å²) in [7, 11) is 0. The van der Waals surface area contributed by atoms with E-state index in [1.54, 1.807) is 0 Å². The van der Waals surface area contributed by atoms with E-state index < -0.39 is 5.60 Å². The SMILES string of the molecule is OC1(c2ccc(Br)cc2)CCN(CCc2ccccc2)CC1. The van der Waals surface area contributed by atoms with Crippen LogP contribution in [0.15, 0.2) is 59.1 Å². The number of piperidine rings is 1. The van der Waals surface area contributed by atoms with Gasteiger partial charge in [0.15, 0.2) is 0 Å². The van der Waals surface area contributed by atoms with Crippen LogP contribution in [0, 0.1) is 0 Å². The van der Waals surface area contributed by atoms with Crippen molar-refractivity contribution in [3.05, 3.63) is 70.2 Å². The molecule has 1 heterocycles. The van der Waals surface area contributed by atoms with Crippen LogP contribution in [0.3, 0.4) is 0 Å². The lowest BCUT2D eigenvalue weighted by atomic mass is 9.84. The van der Waals surface area contributed by atoms with E-state index in [1.807, 2.05) is 24.3 Å². The Bertz CT molecular complexity index is 589. The molecule has 0 aliphatic carbocycles. The molecule has 0 atom stereocenters. The Balaban J connectivity index is 1.54. The van der Waals surface area contributed by atoms with Gasteiger partial charge in [0.1, 0.15) is 0 Å². The lowest BCUT2D eigenvalue weighted by Gasteiger charge is -2.38. The molecule has 0 unspecified atom stereocenters. The van der Waals surface area contributed by atoms with Crippen LogP contribution < -0.4 is 0 Å². The van der Waals surface area contributed by atoms with Crippen molar-refractivity contribution in [2.75, 3.05) is 19.6 Å². The van der Waals surface area contributed by atoms with E-state index in [0.717, 1.165) is 48.9 Å². The summed E-state index contributed by atoms with van der Waals surface area (Å²) in [5.41, 5.74) is 1.76. The molecule has 1 fully saturated rings. The van der Waals surface area contributed by atoms with E-state index >= 15 is 0 Å². The lowest BCUT2D eigenvalue weighted by molar-refractivity contribution is -0.0255. The van der Waals surface area contributed by atoms with Crippen LogP contribution >= 0.6 is 15.9 Å². The van der Waals surface area contributed by atoms with Crippen molar-refractivity contribution in [2.24, 2.45) is 0 Å². The summed E-state index contributed by atoms with van der Waals surface area (Å²) in [6.07, 6.45) is 2.70. The molecular formula is C19H22BrNO. The maximum absolute atomic E-state index is 10.9. The quantitative estimate of drug-likeness (QED) is 0.892. The molecule has 3 heteroatoms. The van der Waals surface area contributed by atoms with Gasteiger partial charge in [-0.1, -0.05) is 58.4 Å². The van der Waals surface area contributed by atoms with Crippen molar-refractivity contribution >= 4 is 15.9 Å². The maximum atomic E-state index is 10.9. The molecule has 0 aromatic heterocycles. The van der Waals surface area contributed by atoms with Crippen LogP contribution in [0.25, 0.3) is 0 Å². The molecule has 1 saturated heterocycles. The molecule has 1 aliphatic heterocycles. The predicted octanol–water partition coefficient (Wildman–Crippen LogP) is 3.98. The van der Waals surface area contributed by atoms with Crippen LogP contribution in [0.4, 0.5) is 0 Å². The summed E-state index contributed by atoms with van der Waals surface area (Å²) in [5, 5.41) is 10.9. The van der Waals surface area contributed by atoms with Crippen LogP contribution in [-0.4, -0.2) is 29.6 Å². The summed E-state index contributed by atoms with van der Waals surface area (Å²) in [4.78, 5) is 2.46. The van der Waals surface area contributed by atoms with E-state index in [0.29, 0.717) is 0 Å². The average molecular weight is 360 g/mol. The second kappa shape index (κ2) is 6.95.